The second-order valence-corrected chi connectivity index (χ2v) is 5.18. The van der Waals surface area contributed by atoms with Gasteiger partial charge < -0.3 is 10.6 Å². The highest BCUT2D eigenvalue weighted by Crippen LogP contribution is 2.16. The van der Waals surface area contributed by atoms with Gasteiger partial charge in [-0.2, -0.15) is 0 Å². The summed E-state index contributed by atoms with van der Waals surface area (Å²) in [5.41, 5.74) is 0.246. The van der Waals surface area contributed by atoms with Crippen LogP contribution in [-0.2, 0) is 4.79 Å². The SMILES string of the molecule is CC(C)C(=O)NCCNC(=O)c1ccc(Br)c(F)c1. The molecule has 2 amide bonds. The van der Waals surface area contributed by atoms with Crippen LogP contribution in [0.5, 0.6) is 0 Å². The first-order chi connectivity index (χ1) is 8.91. The third-order valence-corrected chi connectivity index (χ3v) is 3.06. The van der Waals surface area contributed by atoms with Gasteiger partial charge in [0.15, 0.2) is 0 Å². The molecule has 1 rings (SSSR count). The highest BCUT2D eigenvalue weighted by atomic mass is 79.9. The molecule has 0 bridgehead atoms. The molecule has 0 saturated heterocycles. The van der Waals surface area contributed by atoms with Crippen LogP contribution in [0.4, 0.5) is 4.39 Å². The van der Waals surface area contributed by atoms with Gasteiger partial charge in [0.25, 0.3) is 5.91 Å². The summed E-state index contributed by atoms with van der Waals surface area (Å²) in [6.45, 7) is 4.23. The molecule has 0 aliphatic carbocycles. The molecule has 1 aromatic rings. The average Bonchev–Trinajstić information content (AvgIpc) is 2.37. The van der Waals surface area contributed by atoms with E-state index in [2.05, 4.69) is 26.6 Å². The van der Waals surface area contributed by atoms with E-state index in [1.165, 1.54) is 12.1 Å². The fourth-order valence-corrected chi connectivity index (χ4v) is 1.55. The van der Waals surface area contributed by atoms with E-state index >= 15 is 0 Å². The first-order valence-corrected chi connectivity index (χ1v) is 6.72. The molecule has 0 heterocycles. The van der Waals surface area contributed by atoms with E-state index in [-0.39, 0.29) is 23.3 Å². The maximum Gasteiger partial charge on any atom is 0.251 e. The molecule has 0 aliphatic heterocycles. The summed E-state index contributed by atoms with van der Waals surface area (Å²) in [5, 5.41) is 5.28. The zero-order valence-electron chi connectivity index (χ0n) is 10.8. The van der Waals surface area contributed by atoms with Gasteiger partial charge in [0.05, 0.1) is 4.47 Å². The maximum atomic E-state index is 13.2. The van der Waals surface area contributed by atoms with Crippen molar-refractivity contribution in [2.45, 2.75) is 13.8 Å². The number of amides is 2. The van der Waals surface area contributed by atoms with Gasteiger partial charge in [-0.15, -0.1) is 0 Å². The lowest BCUT2D eigenvalue weighted by Crippen LogP contribution is -2.36. The van der Waals surface area contributed by atoms with Crippen LogP contribution in [0, 0.1) is 11.7 Å². The summed E-state index contributed by atoms with van der Waals surface area (Å²) >= 11 is 3.02. The lowest BCUT2D eigenvalue weighted by Gasteiger charge is -2.09. The van der Waals surface area contributed by atoms with E-state index in [1.54, 1.807) is 13.8 Å². The zero-order valence-corrected chi connectivity index (χ0v) is 12.4. The van der Waals surface area contributed by atoms with Gasteiger partial charge in [0, 0.05) is 24.6 Å². The Morgan fingerprint density at radius 2 is 1.89 bits per heavy atom. The normalized spacial score (nSPS) is 10.4. The van der Waals surface area contributed by atoms with Crippen LogP contribution >= 0.6 is 15.9 Å². The molecule has 0 spiro atoms. The van der Waals surface area contributed by atoms with Gasteiger partial charge in [0.2, 0.25) is 5.91 Å². The fourth-order valence-electron chi connectivity index (χ4n) is 1.31. The van der Waals surface area contributed by atoms with Crippen LogP contribution in [0.3, 0.4) is 0 Å². The highest BCUT2D eigenvalue weighted by Gasteiger charge is 2.09. The van der Waals surface area contributed by atoms with Crippen molar-refractivity contribution in [1.29, 1.82) is 0 Å². The molecule has 19 heavy (non-hydrogen) atoms. The minimum Gasteiger partial charge on any atom is -0.354 e. The number of carbonyl (C=O) groups is 2. The Hall–Kier alpha value is -1.43. The van der Waals surface area contributed by atoms with E-state index in [0.717, 1.165) is 6.07 Å². The average molecular weight is 331 g/mol. The smallest absolute Gasteiger partial charge is 0.251 e. The second kappa shape index (κ2) is 7.23. The molecule has 6 heteroatoms. The van der Waals surface area contributed by atoms with Crippen molar-refractivity contribution >= 4 is 27.7 Å². The Balaban J connectivity index is 2.39. The number of rotatable bonds is 5. The molecular weight excluding hydrogens is 315 g/mol. The van der Waals surface area contributed by atoms with Gasteiger partial charge in [0.1, 0.15) is 5.82 Å². The first kappa shape index (κ1) is 15.6. The molecule has 2 N–H and O–H groups in total. The van der Waals surface area contributed by atoms with Crippen LogP contribution in [-0.4, -0.2) is 24.9 Å². The Kier molecular flexibility index (Phi) is 5.95. The number of carbonyl (C=O) groups excluding carboxylic acids is 2. The van der Waals surface area contributed by atoms with E-state index < -0.39 is 5.82 Å². The standard InChI is InChI=1S/C13H16BrFN2O2/c1-8(2)12(18)16-5-6-17-13(19)9-3-4-10(14)11(15)7-9/h3-4,7-8H,5-6H2,1-2H3,(H,16,18)(H,17,19). The molecule has 4 nitrogen and oxygen atoms in total. The van der Waals surface area contributed by atoms with Gasteiger partial charge in [-0.3, -0.25) is 9.59 Å². The van der Waals surface area contributed by atoms with Crippen molar-refractivity contribution in [2.75, 3.05) is 13.1 Å². The number of nitrogens with one attached hydrogen (secondary N) is 2. The molecule has 0 atom stereocenters. The topological polar surface area (TPSA) is 58.2 Å². The molecule has 0 aliphatic rings. The minimum atomic E-state index is -0.485. The summed E-state index contributed by atoms with van der Waals surface area (Å²) in [5.74, 6) is -1.01. The molecule has 0 aromatic heterocycles. The van der Waals surface area contributed by atoms with Crippen molar-refractivity contribution in [3.05, 3.63) is 34.1 Å². The summed E-state index contributed by atoms with van der Waals surface area (Å²) < 4.78 is 13.6. The quantitative estimate of drug-likeness (QED) is 0.812. The Labute approximate surface area is 119 Å². The van der Waals surface area contributed by atoms with Crippen LogP contribution in [0.2, 0.25) is 0 Å². The summed E-state index contributed by atoms with van der Waals surface area (Å²) in [6, 6.07) is 4.16. The highest BCUT2D eigenvalue weighted by molar-refractivity contribution is 9.10. The van der Waals surface area contributed by atoms with Crippen molar-refractivity contribution in [1.82, 2.24) is 10.6 Å². The fraction of sp³-hybridized carbons (Fsp3) is 0.385. The summed E-state index contributed by atoms with van der Waals surface area (Å²) in [7, 11) is 0. The monoisotopic (exact) mass is 330 g/mol. The second-order valence-electron chi connectivity index (χ2n) is 4.33. The van der Waals surface area contributed by atoms with Gasteiger partial charge in [-0.25, -0.2) is 4.39 Å². The molecule has 0 fully saturated rings. The number of hydrogen-bond donors (Lipinski definition) is 2. The molecular formula is C13H16BrFN2O2. The van der Waals surface area contributed by atoms with E-state index in [9.17, 15) is 14.0 Å². The molecule has 0 saturated carbocycles. The lowest BCUT2D eigenvalue weighted by molar-refractivity contribution is -0.123. The minimum absolute atomic E-state index is 0.0658. The van der Waals surface area contributed by atoms with Crippen molar-refractivity contribution < 1.29 is 14.0 Å². The van der Waals surface area contributed by atoms with E-state index in [0.29, 0.717) is 17.6 Å². The number of benzene rings is 1. The van der Waals surface area contributed by atoms with E-state index in [1.807, 2.05) is 0 Å². The van der Waals surface area contributed by atoms with Crippen LogP contribution in [0.1, 0.15) is 24.2 Å². The molecule has 1 aromatic carbocycles. The van der Waals surface area contributed by atoms with Gasteiger partial charge in [-0.05, 0) is 34.1 Å². The Morgan fingerprint density at radius 3 is 2.47 bits per heavy atom. The van der Waals surface area contributed by atoms with Gasteiger partial charge in [-0.1, -0.05) is 13.8 Å². The molecule has 104 valence electrons. The lowest BCUT2D eigenvalue weighted by atomic mass is 10.2. The molecule has 0 radical (unpaired) electrons. The van der Waals surface area contributed by atoms with Crippen LogP contribution in [0.25, 0.3) is 0 Å². The number of halogens is 2. The third-order valence-electron chi connectivity index (χ3n) is 2.42. The zero-order chi connectivity index (χ0) is 14.4. The predicted octanol–water partition coefficient (Wildman–Crippen LogP) is 2.09. The Bertz CT molecular complexity index is 478. The van der Waals surface area contributed by atoms with Crippen molar-refractivity contribution in [2.24, 2.45) is 5.92 Å². The summed E-state index contributed by atoms with van der Waals surface area (Å²) in [4.78, 5) is 22.9. The third kappa shape index (κ3) is 4.98. The van der Waals surface area contributed by atoms with Crippen LogP contribution in [0.15, 0.2) is 22.7 Å². The molecule has 0 unspecified atom stereocenters. The van der Waals surface area contributed by atoms with Crippen LogP contribution < -0.4 is 10.6 Å². The van der Waals surface area contributed by atoms with Crippen molar-refractivity contribution in [3.8, 4) is 0 Å². The summed E-state index contributed by atoms with van der Waals surface area (Å²) in [6.07, 6.45) is 0. The maximum absolute atomic E-state index is 13.2. The van der Waals surface area contributed by atoms with Gasteiger partial charge >= 0.3 is 0 Å². The predicted molar refractivity (Wildman–Crippen MR) is 74.3 cm³/mol. The Morgan fingerprint density at radius 1 is 1.26 bits per heavy atom. The largest absolute Gasteiger partial charge is 0.354 e. The van der Waals surface area contributed by atoms with E-state index in [4.69, 9.17) is 0 Å². The van der Waals surface area contributed by atoms with Crippen molar-refractivity contribution in [3.63, 3.8) is 0 Å². The number of hydrogen-bond acceptors (Lipinski definition) is 2. The first-order valence-electron chi connectivity index (χ1n) is 5.92.